The molecule has 2 aliphatic rings. The largest absolute Gasteiger partial charge is 0.368 e. The highest BCUT2D eigenvalue weighted by Gasteiger charge is 2.31. The zero-order chi connectivity index (χ0) is 20.1. The number of ether oxygens (including phenoxy) is 1. The van der Waals surface area contributed by atoms with Gasteiger partial charge < -0.3 is 14.5 Å². The van der Waals surface area contributed by atoms with Gasteiger partial charge in [0.25, 0.3) is 11.8 Å². The molecule has 0 radical (unpaired) electrons. The zero-order valence-corrected chi connectivity index (χ0v) is 16.3. The number of amides is 2. The molecule has 0 aliphatic carbocycles. The summed E-state index contributed by atoms with van der Waals surface area (Å²) in [6.07, 6.45) is 6.36. The van der Waals surface area contributed by atoms with Crippen LogP contribution in [-0.2, 0) is 19.6 Å². The number of rotatable bonds is 5. The third-order valence-corrected chi connectivity index (χ3v) is 6.24. The number of carbonyl (C=O) groups excluding carboxylic acids is 2. The summed E-state index contributed by atoms with van der Waals surface area (Å²) in [6, 6.07) is 5.85. The summed E-state index contributed by atoms with van der Waals surface area (Å²) >= 11 is 0. The van der Waals surface area contributed by atoms with Crippen LogP contribution in [0.15, 0.2) is 29.2 Å². The smallest absolute Gasteiger partial charge is 0.254 e. The van der Waals surface area contributed by atoms with Gasteiger partial charge in [0.05, 0.1) is 11.4 Å². The van der Waals surface area contributed by atoms with Gasteiger partial charge in [-0.3, -0.25) is 9.59 Å². The molecule has 2 fully saturated rings. The maximum absolute atomic E-state index is 12.8. The SMILES string of the molecule is C#CCNS(=O)(=O)c1cccc(C(=O)N2CCN(C(=O)C3CCCO3)CC2)c1. The molecule has 2 amide bonds. The van der Waals surface area contributed by atoms with E-state index in [-0.39, 0.29) is 34.9 Å². The molecule has 8 nitrogen and oxygen atoms in total. The molecule has 1 aromatic rings. The molecule has 0 aromatic heterocycles. The first-order chi connectivity index (χ1) is 13.4. The van der Waals surface area contributed by atoms with Gasteiger partial charge in [0.15, 0.2) is 0 Å². The third-order valence-electron chi connectivity index (χ3n) is 4.84. The van der Waals surface area contributed by atoms with Crippen molar-refractivity contribution in [2.75, 3.05) is 39.3 Å². The molecule has 1 N–H and O–H groups in total. The highest BCUT2D eigenvalue weighted by atomic mass is 32.2. The van der Waals surface area contributed by atoms with Crippen LogP contribution in [0, 0.1) is 12.3 Å². The summed E-state index contributed by atoms with van der Waals surface area (Å²) in [6.45, 7) is 2.15. The Hall–Kier alpha value is -2.41. The van der Waals surface area contributed by atoms with Crippen LogP contribution in [-0.4, -0.2) is 75.5 Å². The predicted octanol–water partition coefficient (Wildman–Crippen LogP) is 0.0615. The van der Waals surface area contributed by atoms with Crippen LogP contribution in [0.4, 0.5) is 0 Å². The highest BCUT2D eigenvalue weighted by molar-refractivity contribution is 7.89. The lowest BCUT2D eigenvalue weighted by Gasteiger charge is -2.35. The number of carbonyl (C=O) groups is 2. The van der Waals surface area contributed by atoms with E-state index in [4.69, 9.17) is 11.2 Å². The Morgan fingerprint density at radius 2 is 1.93 bits per heavy atom. The second-order valence-electron chi connectivity index (χ2n) is 6.68. The number of nitrogens with zero attached hydrogens (tertiary/aromatic N) is 2. The lowest BCUT2D eigenvalue weighted by molar-refractivity contribution is -0.142. The molecule has 2 heterocycles. The first-order valence-corrected chi connectivity index (χ1v) is 10.6. The lowest BCUT2D eigenvalue weighted by Crippen LogP contribution is -2.52. The Morgan fingerprint density at radius 1 is 1.21 bits per heavy atom. The molecule has 0 spiro atoms. The number of sulfonamides is 1. The summed E-state index contributed by atoms with van der Waals surface area (Å²) in [7, 11) is -3.77. The van der Waals surface area contributed by atoms with Crippen LogP contribution >= 0.6 is 0 Å². The molecule has 1 atom stereocenters. The zero-order valence-electron chi connectivity index (χ0n) is 15.5. The summed E-state index contributed by atoms with van der Waals surface area (Å²) < 4.78 is 32.1. The van der Waals surface area contributed by atoms with Crippen LogP contribution < -0.4 is 4.72 Å². The van der Waals surface area contributed by atoms with Crippen molar-refractivity contribution in [2.24, 2.45) is 0 Å². The van der Waals surface area contributed by atoms with E-state index in [9.17, 15) is 18.0 Å². The predicted molar refractivity (Wildman–Crippen MR) is 102 cm³/mol. The van der Waals surface area contributed by atoms with E-state index >= 15 is 0 Å². The normalized spacial score (nSPS) is 20.0. The van der Waals surface area contributed by atoms with Crippen LogP contribution in [0.2, 0.25) is 0 Å². The molecular formula is C19H23N3O5S. The first-order valence-electron chi connectivity index (χ1n) is 9.15. The summed E-state index contributed by atoms with van der Waals surface area (Å²) in [5.41, 5.74) is 0.280. The van der Waals surface area contributed by atoms with E-state index in [1.54, 1.807) is 15.9 Å². The van der Waals surface area contributed by atoms with Crippen molar-refractivity contribution in [2.45, 2.75) is 23.8 Å². The summed E-state index contributed by atoms with van der Waals surface area (Å²) in [5.74, 6) is 1.93. The number of benzene rings is 1. The van der Waals surface area contributed by atoms with Gasteiger partial charge in [-0.1, -0.05) is 12.0 Å². The molecule has 1 aromatic carbocycles. The van der Waals surface area contributed by atoms with Gasteiger partial charge in [0.1, 0.15) is 6.10 Å². The first kappa shape index (κ1) is 20.3. The average Bonchev–Trinajstić information content (AvgIpc) is 3.26. The lowest BCUT2D eigenvalue weighted by atomic mass is 10.1. The summed E-state index contributed by atoms with van der Waals surface area (Å²) in [4.78, 5) is 28.5. The minimum atomic E-state index is -3.77. The average molecular weight is 405 g/mol. The number of nitrogens with one attached hydrogen (secondary N) is 1. The number of terminal acetylenes is 1. The van der Waals surface area contributed by atoms with Crippen LogP contribution in [0.25, 0.3) is 0 Å². The Kier molecular flexibility index (Phi) is 6.34. The van der Waals surface area contributed by atoms with E-state index in [0.717, 1.165) is 12.8 Å². The van der Waals surface area contributed by atoms with E-state index in [2.05, 4.69) is 10.6 Å². The fraction of sp³-hybridized carbons (Fsp3) is 0.474. The van der Waals surface area contributed by atoms with E-state index in [1.165, 1.54) is 18.2 Å². The number of hydrogen-bond acceptors (Lipinski definition) is 5. The van der Waals surface area contributed by atoms with E-state index < -0.39 is 10.0 Å². The molecule has 0 saturated carbocycles. The van der Waals surface area contributed by atoms with Gasteiger partial charge in [0.2, 0.25) is 10.0 Å². The molecule has 2 saturated heterocycles. The Bertz CT molecular complexity index is 879. The molecule has 9 heteroatoms. The monoisotopic (exact) mass is 405 g/mol. The fourth-order valence-corrected chi connectivity index (χ4v) is 4.28. The Morgan fingerprint density at radius 3 is 2.57 bits per heavy atom. The van der Waals surface area contributed by atoms with Crippen molar-refractivity contribution in [1.82, 2.24) is 14.5 Å². The van der Waals surface area contributed by atoms with Gasteiger partial charge in [0, 0.05) is 38.3 Å². The molecule has 3 rings (SSSR count). The second-order valence-corrected chi connectivity index (χ2v) is 8.44. The van der Waals surface area contributed by atoms with Crippen molar-refractivity contribution in [3.63, 3.8) is 0 Å². The highest BCUT2D eigenvalue weighted by Crippen LogP contribution is 2.18. The third kappa shape index (κ3) is 4.52. The van der Waals surface area contributed by atoms with Crippen molar-refractivity contribution < 1.29 is 22.7 Å². The van der Waals surface area contributed by atoms with Crippen LogP contribution in [0.5, 0.6) is 0 Å². The Labute approximate surface area is 164 Å². The minimum absolute atomic E-state index is 0.0132. The fourth-order valence-electron chi connectivity index (χ4n) is 3.30. The van der Waals surface area contributed by atoms with Crippen LogP contribution in [0.3, 0.4) is 0 Å². The molecule has 28 heavy (non-hydrogen) atoms. The van der Waals surface area contributed by atoms with Gasteiger partial charge >= 0.3 is 0 Å². The topological polar surface area (TPSA) is 96.0 Å². The second kappa shape index (κ2) is 8.73. The van der Waals surface area contributed by atoms with Gasteiger partial charge in [-0.15, -0.1) is 6.42 Å². The van der Waals surface area contributed by atoms with Gasteiger partial charge in [-0.2, -0.15) is 4.72 Å². The molecule has 150 valence electrons. The number of hydrogen-bond donors (Lipinski definition) is 1. The quantitative estimate of drug-likeness (QED) is 0.699. The Balaban J connectivity index is 1.63. The molecule has 1 unspecified atom stereocenters. The summed E-state index contributed by atoms with van der Waals surface area (Å²) in [5, 5.41) is 0. The van der Waals surface area contributed by atoms with Crippen molar-refractivity contribution in [3.05, 3.63) is 29.8 Å². The standard InChI is InChI=1S/C19H23N3O5S/c1-2-8-20-28(25,26)16-6-3-5-15(14-16)18(23)21-9-11-22(12-10-21)19(24)17-7-4-13-27-17/h1,3,5-6,14,17,20H,4,7-13H2. The molecular weight excluding hydrogens is 382 g/mol. The maximum Gasteiger partial charge on any atom is 0.254 e. The van der Waals surface area contributed by atoms with E-state index in [1.807, 2.05) is 0 Å². The van der Waals surface area contributed by atoms with Crippen molar-refractivity contribution >= 4 is 21.8 Å². The molecule has 2 aliphatic heterocycles. The van der Waals surface area contributed by atoms with Gasteiger partial charge in [-0.05, 0) is 31.0 Å². The van der Waals surface area contributed by atoms with Crippen LogP contribution in [0.1, 0.15) is 23.2 Å². The van der Waals surface area contributed by atoms with Crippen molar-refractivity contribution in [3.8, 4) is 12.3 Å². The maximum atomic E-state index is 12.8. The molecule has 0 bridgehead atoms. The van der Waals surface area contributed by atoms with Gasteiger partial charge in [-0.25, -0.2) is 8.42 Å². The van der Waals surface area contributed by atoms with Crippen molar-refractivity contribution in [1.29, 1.82) is 0 Å². The van der Waals surface area contributed by atoms with E-state index in [0.29, 0.717) is 32.8 Å². The number of piperazine rings is 1. The minimum Gasteiger partial charge on any atom is -0.368 e.